The third-order valence-corrected chi connectivity index (χ3v) is 2.01. The van der Waals surface area contributed by atoms with Crippen LogP contribution in [0.1, 0.15) is 25.5 Å². The molecule has 0 bridgehead atoms. The third-order valence-electron chi connectivity index (χ3n) is 2.01. The number of hydrogen-bond donors (Lipinski definition) is 1. The number of unbranched alkanes of at least 4 members (excludes halogenated alkanes) is 1. The Balaban J connectivity index is 2.61. The number of nitriles is 1. The first-order valence-corrected chi connectivity index (χ1v) is 5.21. The minimum Gasteiger partial charge on any atom is -0.465 e. The fourth-order valence-corrected chi connectivity index (χ4v) is 1.14. The van der Waals surface area contributed by atoms with Gasteiger partial charge in [-0.3, -0.25) is 4.79 Å². The zero-order valence-corrected chi connectivity index (χ0v) is 9.19. The Morgan fingerprint density at radius 1 is 1.69 bits per heavy atom. The Hall–Kier alpha value is -2.02. The molecule has 1 heterocycles. The fraction of sp³-hybridized carbons (Fsp3) is 0.333. The maximum Gasteiger partial charge on any atom is 0.262 e. The number of carbonyl (C=O) groups excluding carboxylic acids is 1. The van der Waals surface area contributed by atoms with Gasteiger partial charge in [-0.1, -0.05) is 13.3 Å². The van der Waals surface area contributed by atoms with Crippen LogP contribution in [0, 0.1) is 11.3 Å². The quantitative estimate of drug-likeness (QED) is 0.467. The summed E-state index contributed by atoms with van der Waals surface area (Å²) >= 11 is 0. The van der Waals surface area contributed by atoms with Crippen LogP contribution in [0.2, 0.25) is 0 Å². The summed E-state index contributed by atoms with van der Waals surface area (Å²) in [4.78, 5) is 11.5. The van der Waals surface area contributed by atoms with Gasteiger partial charge >= 0.3 is 0 Å². The molecule has 0 aliphatic rings. The predicted octanol–water partition coefficient (Wildman–Crippen LogP) is 2.10. The summed E-state index contributed by atoms with van der Waals surface area (Å²) < 4.78 is 5.03. The van der Waals surface area contributed by atoms with Crippen LogP contribution in [0.5, 0.6) is 0 Å². The average molecular weight is 218 g/mol. The maximum atomic E-state index is 11.5. The predicted molar refractivity (Wildman–Crippen MR) is 60.2 cm³/mol. The van der Waals surface area contributed by atoms with Crippen molar-refractivity contribution in [1.29, 1.82) is 5.26 Å². The number of hydrogen-bond acceptors (Lipinski definition) is 3. The van der Waals surface area contributed by atoms with Crippen molar-refractivity contribution in [2.45, 2.75) is 19.8 Å². The zero-order valence-electron chi connectivity index (χ0n) is 9.19. The van der Waals surface area contributed by atoms with Crippen molar-refractivity contribution in [3.8, 4) is 6.07 Å². The van der Waals surface area contributed by atoms with E-state index in [0.717, 1.165) is 12.8 Å². The highest BCUT2D eigenvalue weighted by atomic mass is 16.3. The summed E-state index contributed by atoms with van der Waals surface area (Å²) in [6, 6.07) is 5.25. The summed E-state index contributed by atoms with van der Waals surface area (Å²) in [5, 5.41) is 11.5. The normalized spacial score (nSPS) is 10.9. The van der Waals surface area contributed by atoms with Gasteiger partial charge in [0.1, 0.15) is 17.4 Å². The van der Waals surface area contributed by atoms with Crippen LogP contribution in [-0.4, -0.2) is 12.5 Å². The molecule has 0 saturated carbocycles. The Bertz CT molecular complexity index is 399. The summed E-state index contributed by atoms with van der Waals surface area (Å²) in [7, 11) is 0. The van der Waals surface area contributed by atoms with Crippen molar-refractivity contribution in [3.63, 3.8) is 0 Å². The molecule has 0 aromatic carbocycles. The van der Waals surface area contributed by atoms with Crippen LogP contribution in [0.4, 0.5) is 0 Å². The number of rotatable bonds is 5. The Labute approximate surface area is 94.6 Å². The molecule has 1 amide bonds. The minimum atomic E-state index is -0.354. The minimum absolute atomic E-state index is 0.0612. The molecular weight excluding hydrogens is 204 g/mol. The summed E-state index contributed by atoms with van der Waals surface area (Å²) in [5.41, 5.74) is 0.0612. The number of amides is 1. The van der Waals surface area contributed by atoms with E-state index in [-0.39, 0.29) is 11.5 Å². The first-order chi connectivity index (χ1) is 7.77. The molecule has 1 N–H and O–H groups in total. The van der Waals surface area contributed by atoms with Crippen LogP contribution in [0.25, 0.3) is 6.08 Å². The Kier molecular flexibility index (Phi) is 4.87. The van der Waals surface area contributed by atoms with Gasteiger partial charge in [-0.05, 0) is 18.6 Å². The average Bonchev–Trinajstić information content (AvgIpc) is 2.78. The van der Waals surface area contributed by atoms with Crippen LogP contribution < -0.4 is 5.32 Å². The second-order valence-corrected chi connectivity index (χ2v) is 3.29. The lowest BCUT2D eigenvalue weighted by molar-refractivity contribution is -0.117. The van der Waals surface area contributed by atoms with Crippen molar-refractivity contribution in [3.05, 3.63) is 29.7 Å². The molecule has 0 fully saturated rings. The molecular formula is C12H14N2O2. The van der Waals surface area contributed by atoms with Gasteiger partial charge in [0.15, 0.2) is 0 Å². The largest absolute Gasteiger partial charge is 0.465 e. The lowest BCUT2D eigenvalue weighted by Crippen LogP contribution is -2.25. The van der Waals surface area contributed by atoms with Crippen LogP contribution in [0.15, 0.2) is 28.4 Å². The van der Waals surface area contributed by atoms with E-state index in [1.807, 2.05) is 13.0 Å². The lowest BCUT2D eigenvalue weighted by atomic mass is 10.2. The molecule has 0 aliphatic carbocycles. The van der Waals surface area contributed by atoms with Crippen molar-refractivity contribution in [2.24, 2.45) is 0 Å². The second kappa shape index (κ2) is 6.46. The molecule has 0 saturated heterocycles. The van der Waals surface area contributed by atoms with Crippen molar-refractivity contribution in [1.82, 2.24) is 5.32 Å². The summed E-state index contributed by atoms with van der Waals surface area (Å²) in [6.45, 7) is 2.63. The van der Waals surface area contributed by atoms with Crippen LogP contribution in [0.3, 0.4) is 0 Å². The molecule has 0 atom stereocenters. The second-order valence-electron chi connectivity index (χ2n) is 3.29. The van der Waals surface area contributed by atoms with E-state index in [2.05, 4.69) is 5.32 Å². The molecule has 84 valence electrons. The highest BCUT2D eigenvalue weighted by molar-refractivity contribution is 6.01. The van der Waals surface area contributed by atoms with Gasteiger partial charge in [-0.15, -0.1) is 0 Å². The molecule has 1 rings (SSSR count). The monoisotopic (exact) mass is 218 g/mol. The topological polar surface area (TPSA) is 66.0 Å². The van der Waals surface area contributed by atoms with E-state index in [4.69, 9.17) is 9.68 Å². The molecule has 4 nitrogen and oxygen atoms in total. The van der Waals surface area contributed by atoms with Gasteiger partial charge in [-0.25, -0.2) is 0 Å². The number of furan rings is 1. The SMILES string of the molecule is CCCCNC(=O)/C(C#N)=C\c1ccco1. The number of nitrogens with zero attached hydrogens (tertiary/aromatic N) is 1. The van der Waals surface area contributed by atoms with E-state index < -0.39 is 0 Å². The van der Waals surface area contributed by atoms with E-state index >= 15 is 0 Å². The van der Waals surface area contributed by atoms with E-state index in [1.165, 1.54) is 12.3 Å². The van der Waals surface area contributed by atoms with E-state index in [1.54, 1.807) is 12.1 Å². The first kappa shape index (κ1) is 12.1. The number of nitrogens with one attached hydrogen (secondary N) is 1. The lowest BCUT2D eigenvalue weighted by Gasteiger charge is -2.01. The molecule has 0 unspecified atom stereocenters. The molecule has 16 heavy (non-hydrogen) atoms. The van der Waals surface area contributed by atoms with Crippen molar-refractivity contribution in [2.75, 3.05) is 6.54 Å². The zero-order chi connectivity index (χ0) is 11.8. The van der Waals surface area contributed by atoms with Crippen molar-refractivity contribution >= 4 is 12.0 Å². The van der Waals surface area contributed by atoms with Gasteiger partial charge in [0.05, 0.1) is 6.26 Å². The fourth-order valence-electron chi connectivity index (χ4n) is 1.14. The molecule has 0 aliphatic heterocycles. The Morgan fingerprint density at radius 3 is 3.06 bits per heavy atom. The van der Waals surface area contributed by atoms with Gasteiger partial charge in [0.2, 0.25) is 0 Å². The Morgan fingerprint density at radius 2 is 2.50 bits per heavy atom. The highest BCUT2D eigenvalue weighted by Crippen LogP contribution is 2.06. The first-order valence-electron chi connectivity index (χ1n) is 5.21. The van der Waals surface area contributed by atoms with Crippen LogP contribution in [-0.2, 0) is 4.79 Å². The van der Waals surface area contributed by atoms with Gasteiger partial charge in [0.25, 0.3) is 5.91 Å². The standard InChI is InChI=1S/C12H14N2O2/c1-2-3-6-14-12(15)10(9-13)8-11-5-4-7-16-11/h4-5,7-8H,2-3,6H2,1H3,(H,14,15)/b10-8-. The molecule has 1 aromatic heterocycles. The smallest absolute Gasteiger partial charge is 0.262 e. The number of carbonyl (C=O) groups is 1. The van der Waals surface area contributed by atoms with Gasteiger partial charge in [-0.2, -0.15) is 5.26 Å². The maximum absolute atomic E-state index is 11.5. The molecule has 0 spiro atoms. The van der Waals surface area contributed by atoms with E-state index in [9.17, 15) is 4.79 Å². The van der Waals surface area contributed by atoms with Crippen molar-refractivity contribution < 1.29 is 9.21 Å². The molecule has 0 radical (unpaired) electrons. The van der Waals surface area contributed by atoms with Gasteiger partial charge in [0, 0.05) is 12.6 Å². The van der Waals surface area contributed by atoms with Crippen LogP contribution >= 0.6 is 0 Å². The van der Waals surface area contributed by atoms with E-state index in [0.29, 0.717) is 12.3 Å². The summed E-state index contributed by atoms with van der Waals surface area (Å²) in [5.74, 6) is 0.148. The summed E-state index contributed by atoms with van der Waals surface area (Å²) in [6.07, 6.45) is 4.84. The highest BCUT2D eigenvalue weighted by Gasteiger charge is 2.08. The third kappa shape index (κ3) is 3.62. The molecule has 4 heteroatoms. The molecule has 1 aromatic rings. The van der Waals surface area contributed by atoms with Gasteiger partial charge < -0.3 is 9.73 Å².